The number of aryl methyl sites for hydroxylation is 2. The molecule has 2 N–H and O–H groups in total. The molecule has 0 saturated carbocycles. The van der Waals surface area contributed by atoms with Gasteiger partial charge in [0, 0.05) is 5.56 Å². The Kier molecular flexibility index (Phi) is 4.17. The van der Waals surface area contributed by atoms with E-state index in [0.717, 1.165) is 11.1 Å². The summed E-state index contributed by atoms with van der Waals surface area (Å²) >= 11 is 0. The Morgan fingerprint density at radius 1 is 1.17 bits per heavy atom. The predicted octanol–water partition coefficient (Wildman–Crippen LogP) is 3.05. The monoisotopic (exact) mass is 248 g/mol. The molecule has 100 valence electrons. The lowest BCUT2D eigenvalue weighted by atomic mass is 9.87. The Bertz CT molecular complexity index is 426. The average molecular weight is 248 g/mol. The summed E-state index contributed by atoms with van der Waals surface area (Å²) in [6, 6.07) is 5.78. The summed E-state index contributed by atoms with van der Waals surface area (Å²) in [7, 11) is 0. The Morgan fingerprint density at radius 3 is 2.00 bits per heavy atom. The minimum atomic E-state index is -0.121. The van der Waals surface area contributed by atoms with Gasteiger partial charge in [-0.3, -0.25) is 9.80 Å². The summed E-state index contributed by atoms with van der Waals surface area (Å²) in [4.78, 5) is 12.3. The van der Waals surface area contributed by atoms with Crippen molar-refractivity contribution < 1.29 is 4.79 Å². The van der Waals surface area contributed by atoms with Crippen LogP contribution in [-0.4, -0.2) is 17.0 Å². The van der Waals surface area contributed by atoms with E-state index in [1.54, 1.807) is 0 Å². The molecule has 1 rings (SSSR count). The Hall–Kier alpha value is -1.35. The fraction of sp³-hybridized carbons (Fsp3) is 0.533. The van der Waals surface area contributed by atoms with Gasteiger partial charge >= 0.3 is 0 Å². The van der Waals surface area contributed by atoms with Gasteiger partial charge in [-0.05, 0) is 38.3 Å². The van der Waals surface area contributed by atoms with E-state index < -0.39 is 0 Å². The van der Waals surface area contributed by atoms with E-state index in [2.05, 4.69) is 20.8 Å². The average Bonchev–Trinajstić information content (AvgIpc) is 2.23. The van der Waals surface area contributed by atoms with Crippen LogP contribution in [0.3, 0.4) is 0 Å². The van der Waals surface area contributed by atoms with Crippen molar-refractivity contribution in [2.75, 3.05) is 0 Å². The van der Waals surface area contributed by atoms with Crippen molar-refractivity contribution >= 4 is 5.91 Å². The van der Waals surface area contributed by atoms with Crippen LogP contribution in [0.25, 0.3) is 0 Å². The second-order valence-corrected chi connectivity index (χ2v) is 6.13. The van der Waals surface area contributed by atoms with Gasteiger partial charge in [0.1, 0.15) is 0 Å². The molecular formula is C15H24N2O. The summed E-state index contributed by atoms with van der Waals surface area (Å²) in [5, 5.41) is 1.34. The van der Waals surface area contributed by atoms with Gasteiger partial charge in [-0.1, -0.05) is 38.0 Å². The van der Waals surface area contributed by atoms with E-state index in [1.165, 1.54) is 5.01 Å². The normalized spacial score (nSPS) is 13.3. The van der Waals surface area contributed by atoms with Gasteiger partial charge in [-0.15, -0.1) is 0 Å². The standard InChI is InChI=1S/C15H24N2O/c1-10-7-11(2)9-13(8-10)14(18)17(16)12(3)15(4,5)6/h7-9,12H,16H2,1-6H3. The minimum Gasteiger partial charge on any atom is -0.273 e. The fourth-order valence-corrected chi connectivity index (χ4v) is 1.84. The first kappa shape index (κ1) is 14.7. The molecule has 0 spiro atoms. The summed E-state index contributed by atoms with van der Waals surface area (Å²) < 4.78 is 0. The van der Waals surface area contributed by atoms with E-state index in [0.29, 0.717) is 5.56 Å². The molecule has 1 atom stereocenters. The molecule has 0 bridgehead atoms. The van der Waals surface area contributed by atoms with Crippen molar-refractivity contribution in [2.45, 2.75) is 47.6 Å². The molecule has 3 heteroatoms. The highest BCUT2D eigenvalue weighted by molar-refractivity contribution is 5.94. The smallest absolute Gasteiger partial charge is 0.268 e. The topological polar surface area (TPSA) is 46.3 Å². The summed E-state index contributed by atoms with van der Waals surface area (Å²) in [6.07, 6.45) is 0. The van der Waals surface area contributed by atoms with Gasteiger partial charge in [0.05, 0.1) is 6.04 Å². The van der Waals surface area contributed by atoms with E-state index in [-0.39, 0.29) is 17.4 Å². The van der Waals surface area contributed by atoms with E-state index in [1.807, 2.05) is 39.0 Å². The van der Waals surface area contributed by atoms with Crippen molar-refractivity contribution in [1.29, 1.82) is 0 Å². The lowest BCUT2D eigenvalue weighted by Gasteiger charge is -2.34. The first-order valence-electron chi connectivity index (χ1n) is 6.29. The lowest BCUT2D eigenvalue weighted by molar-refractivity contribution is 0.0552. The number of amides is 1. The van der Waals surface area contributed by atoms with Crippen molar-refractivity contribution in [3.8, 4) is 0 Å². The molecule has 0 aliphatic carbocycles. The maximum Gasteiger partial charge on any atom is 0.268 e. The number of benzene rings is 1. The number of nitrogens with zero attached hydrogens (tertiary/aromatic N) is 1. The molecule has 1 aromatic carbocycles. The van der Waals surface area contributed by atoms with E-state index in [4.69, 9.17) is 5.84 Å². The first-order chi connectivity index (χ1) is 8.12. The maximum absolute atomic E-state index is 12.3. The molecule has 1 unspecified atom stereocenters. The molecule has 3 nitrogen and oxygen atoms in total. The maximum atomic E-state index is 12.3. The van der Waals surface area contributed by atoms with Crippen molar-refractivity contribution in [1.82, 2.24) is 5.01 Å². The molecule has 0 aromatic heterocycles. The number of hydrogen-bond acceptors (Lipinski definition) is 2. The van der Waals surface area contributed by atoms with Crippen LogP contribution in [0.1, 0.15) is 49.2 Å². The lowest BCUT2D eigenvalue weighted by Crippen LogP contribution is -2.49. The van der Waals surface area contributed by atoms with Gasteiger partial charge in [0.2, 0.25) is 0 Å². The Balaban J connectivity index is 3.00. The zero-order valence-corrected chi connectivity index (χ0v) is 12.2. The van der Waals surface area contributed by atoms with Crippen LogP contribution in [0.15, 0.2) is 18.2 Å². The van der Waals surface area contributed by atoms with Crippen LogP contribution in [0, 0.1) is 19.3 Å². The molecule has 0 heterocycles. The zero-order chi connectivity index (χ0) is 14.1. The van der Waals surface area contributed by atoms with Gasteiger partial charge in [0.25, 0.3) is 5.91 Å². The highest BCUT2D eigenvalue weighted by Crippen LogP contribution is 2.23. The molecule has 0 fully saturated rings. The van der Waals surface area contributed by atoms with Crippen LogP contribution < -0.4 is 5.84 Å². The Morgan fingerprint density at radius 2 is 1.61 bits per heavy atom. The summed E-state index contributed by atoms with van der Waals surface area (Å²) in [5.74, 6) is 5.84. The van der Waals surface area contributed by atoms with Crippen molar-refractivity contribution in [3.05, 3.63) is 34.9 Å². The van der Waals surface area contributed by atoms with Crippen molar-refractivity contribution in [3.63, 3.8) is 0 Å². The van der Waals surface area contributed by atoms with Gasteiger partial charge in [0.15, 0.2) is 0 Å². The molecule has 0 saturated heterocycles. The zero-order valence-electron chi connectivity index (χ0n) is 12.2. The van der Waals surface area contributed by atoms with Crippen molar-refractivity contribution in [2.24, 2.45) is 11.3 Å². The van der Waals surface area contributed by atoms with Crippen LogP contribution in [0.5, 0.6) is 0 Å². The number of hydrogen-bond donors (Lipinski definition) is 1. The van der Waals surface area contributed by atoms with Crippen LogP contribution in [0.4, 0.5) is 0 Å². The van der Waals surface area contributed by atoms with Crippen LogP contribution >= 0.6 is 0 Å². The molecule has 18 heavy (non-hydrogen) atoms. The van der Waals surface area contributed by atoms with Gasteiger partial charge in [-0.2, -0.15) is 0 Å². The SMILES string of the molecule is Cc1cc(C)cc(C(=O)N(N)C(C)C(C)(C)C)c1. The third-order valence-electron chi connectivity index (χ3n) is 3.37. The number of carbonyl (C=O) groups excluding carboxylic acids is 1. The highest BCUT2D eigenvalue weighted by atomic mass is 16.2. The second-order valence-electron chi connectivity index (χ2n) is 6.13. The number of nitrogens with two attached hydrogens (primary N) is 1. The largest absolute Gasteiger partial charge is 0.273 e. The molecule has 0 radical (unpaired) electrons. The quantitative estimate of drug-likeness (QED) is 0.497. The second kappa shape index (κ2) is 5.11. The first-order valence-corrected chi connectivity index (χ1v) is 6.29. The minimum absolute atomic E-state index is 0.0224. The molecule has 0 aliphatic heterocycles. The number of carbonyl (C=O) groups is 1. The third-order valence-corrected chi connectivity index (χ3v) is 3.37. The highest BCUT2D eigenvalue weighted by Gasteiger charge is 2.28. The molecule has 0 aliphatic rings. The number of hydrazine groups is 1. The fourth-order valence-electron chi connectivity index (χ4n) is 1.84. The molecule has 1 aromatic rings. The van der Waals surface area contributed by atoms with E-state index in [9.17, 15) is 4.79 Å². The molecular weight excluding hydrogens is 224 g/mol. The van der Waals surface area contributed by atoms with Crippen LogP contribution in [0.2, 0.25) is 0 Å². The summed E-state index contributed by atoms with van der Waals surface area (Å²) in [6.45, 7) is 12.2. The summed E-state index contributed by atoms with van der Waals surface area (Å²) in [5.41, 5.74) is 2.78. The molecule has 1 amide bonds. The van der Waals surface area contributed by atoms with Gasteiger partial charge < -0.3 is 0 Å². The van der Waals surface area contributed by atoms with Crippen LogP contribution in [-0.2, 0) is 0 Å². The predicted molar refractivity (Wildman–Crippen MR) is 75.2 cm³/mol. The Labute approximate surface area is 110 Å². The van der Waals surface area contributed by atoms with Gasteiger partial charge in [-0.25, -0.2) is 5.84 Å². The third kappa shape index (κ3) is 3.33. The number of rotatable bonds is 2. The van der Waals surface area contributed by atoms with E-state index >= 15 is 0 Å².